The maximum atomic E-state index is 5.96. The van der Waals surface area contributed by atoms with Gasteiger partial charge in [0.25, 0.3) is 0 Å². The average molecular weight is 408 g/mol. The Morgan fingerprint density at radius 2 is 2.00 bits per heavy atom. The molecule has 3 rings (SSSR count). The summed E-state index contributed by atoms with van der Waals surface area (Å²) in [6.45, 7) is 9.00. The summed E-state index contributed by atoms with van der Waals surface area (Å²) in [6.07, 6.45) is 6.72. The Labute approximate surface area is 176 Å². The van der Waals surface area contributed by atoms with Crippen molar-refractivity contribution >= 4 is 33.2 Å². The van der Waals surface area contributed by atoms with Crippen molar-refractivity contribution in [2.24, 2.45) is 0 Å². The van der Waals surface area contributed by atoms with Crippen LogP contribution in [0.25, 0.3) is 0 Å². The van der Waals surface area contributed by atoms with Crippen LogP contribution in [0.5, 0.6) is 11.5 Å². The van der Waals surface area contributed by atoms with Crippen LogP contribution in [0.3, 0.4) is 0 Å². The van der Waals surface area contributed by atoms with Crippen molar-refractivity contribution in [1.82, 2.24) is 0 Å². The number of hydrogen-bond acceptors (Lipinski definition) is 3. The van der Waals surface area contributed by atoms with Gasteiger partial charge in [0.15, 0.2) is 28.6 Å². The zero-order valence-corrected chi connectivity index (χ0v) is 17.7. The van der Waals surface area contributed by atoms with Gasteiger partial charge in [0, 0.05) is 12.6 Å². The van der Waals surface area contributed by atoms with Gasteiger partial charge in [-0.05, 0) is 56.0 Å². The molecule has 0 saturated heterocycles. The Morgan fingerprint density at radius 3 is 2.83 bits per heavy atom. The first-order valence-corrected chi connectivity index (χ1v) is 10.6. The first kappa shape index (κ1) is 20.7. The molecule has 150 valence electrons. The minimum atomic E-state index is 0.599. The van der Waals surface area contributed by atoms with E-state index >= 15 is 0 Å². The van der Waals surface area contributed by atoms with Crippen LogP contribution in [0, 0.1) is 0 Å². The van der Waals surface area contributed by atoms with Crippen LogP contribution in [0.1, 0.15) is 20.3 Å². The molecular formula is C24H27N2O2S+. The summed E-state index contributed by atoms with van der Waals surface area (Å²) in [7, 11) is 1.64. The van der Waals surface area contributed by atoms with E-state index in [4.69, 9.17) is 9.47 Å². The maximum absolute atomic E-state index is 5.96. The zero-order chi connectivity index (χ0) is 20.5. The lowest BCUT2D eigenvalue weighted by Gasteiger charge is -2.15. The van der Waals surface area contributed by atoms with Gasteiger partial charge in [0.1, 0.15) is 5.76 Å². The second-order valence-corrected chi connectivity index (χ2v) is 7.29. The minimum Gasteiger partial charge on any atom is -0.452 e. The smallest absolute Gasteiger partial charge is 0.196 e. The van der Waals surface area contributed by atoms with Crippen LogP contribution in [-0.4, -0.2) is 17.4 Å². The van der Waals surface area contributed by atoms with Crippen molar-refractivity contribution in [2.75, 3.05) is 11.4 Å². The maximum Gasteiger partial charge on any atom is 0.196 e. The molecule has 0 spiro atoms. The minimum absolute atomic E-state index is 0.599. The van der Waals surface area contributed by atoms with Gasteiger partial charge in [-0.25, -0.2) is 0 Å². The van der Waals surface area contributed by atoms with Crippen molar-refractivity contribution in [3.05, 3.63) is 85.0 Å². The number of quaternary nitrogens is 1. The van der Waals surface area contributed by atoms with E-state index in [-0.39, 0.29) is 0 Å². The molecule has 29 heavy (non-hydrogen) atoms. The van der Waals surface area contributed by atoms with Gasteiger partial charge in [0.05, 0.1) is 5.69 Å². The Bertz CT molecular complexity index is 988. The van der Waals surface area contributed by atoms with Crippen molar-refractivity contribution in [1.29, 1.82) is 0 Å². The largest absolute Gasteiger partial charge is 0.452 e. The van der Waals surface area contributed by atoms with Crippen molar-refractivity contribution in [3.8, 4) is 11.5 Å². The second kappa shape index (κ2) is 10.5. The molecule has 2 aromatic carbocycles. The third-order valence-electron chi connectivity index (χ3n) is 4.31. The van der Waals surface area contributed by atoms with Gasteiger partial charge in [-0.2, -0.15) is 0 Å². The number of benzene rings is 2. The van der Waals surface area contributed by atoms with E-state index < -0.39 is 0 Å². The van der Waals surface area contributed by atoms with Crippen LogP contribution < -0.4 is 19.7 Å². The third kappa shape index (κ3) is 5.50. The Morgan fingerprint density at radius 1 is 1.21 bits per heavy atom. The normalized spacial score (nSPS) is 13.9. The summed E-state index contributed by atoms with van der Waals surface area (Å²) < 4.78 is 11.9. The Kier molecular flexibility index (Phi) is 7.50. The molecule has 4 nitrogen and oxygen atoms in total. The van der Waals surface area contributed by atoms with Crippen molar-refractivity contribution in [3.63, 3.8) is 0 Å². The van der Waals surface area contributed by atoms with Crippen LogP contribution in [0.4, 0.5) is 11.4 Å². The monoisotopic (exact) mass is 407 g/mol. The number of rotatable bonds is 8. The zero-order valence-electron chi connectivity index (χ0n) is 16.9. The predicted octanol–water partition coefficient (Wildman–Crippen LogP) is 4.80. The van der Waals surface area contributed by atoms with Gasteiger partial charge < -0.3 is 14.4 Å². The highest BCUT2D eigenvalue weighted by Crippen LogP contribution is 2.38. The van der Waals surface area contributed by atoms with Crippen molar-refractivity contribution in [2.45, 2.75) is 20.3 Å². The molecule has 2 aromatic rings. The number of allylic oxidation sites excluding steroid dienone is 3. The van der Waals surface area contributed by atoms with E-state index in [1.54, 1.807) is 10.9 Å². The highest BCUT2D eigenvalue weighted by molar-refractivity contribution is 7.95. The molecule has 0 radical (unpaired) electrons. The van der Waals surface area contributed by atoms with Crippen molar-refractivity contribution < 1.29 is 14.8 Å². The van der Waals surface area contributed by atoms with E-state index in [2.05, 4.69) is 30.5 Å². The summed E-state index contributed by atoms with van der Waals surface area (Å²) in [5, 5.41) is 4.07. The molecule has 1 heterocycles. The lowest BCUT2D eigenvalue weighted by molar-refractivity contribution is -0.429. The number of para-hydroxylation sites is 4. The molecule has 1 aliphatic rings. The number of anilines is 1. The van der Waals surface area contributed by atoms with Gasteiger partial charge in [-0.15, -0.1) is 10.9 Å². The summed E-state index contributed by atoms with van der Waals surface area (Å²) >= 11 is 0. The first-order valence-electron chi connectivity index (χ1n) is 9.69. The molecule has 0 aromatic heterocycles. The van der Waals surface area contributed by atoms with Gasteiger partial charge in [-0.1, -0.05) is 36.9 Å². The fourth-order valence-electron chi connectivity index (χ4n) is 2.98. The molecule has 0 fully saturated rings. The second-order valence-electron chi connectivity index (χ2n) is 6.28. The quantitative estimate of drug-likeness (QED) is 0.296. The van der Waals surface area contributed by atoms with E-state index in [0.29, 0.717) is 5.76 Å². The van der Waals surface area contributed by atoms with E-state index in [1.807, 2.05) is 77.7 Å². The summed E-state index contributed by atoms with van der Waals surface area (Å²) in [5.74, 6) is 3.16. The van der Waals surface area contributed by atoms with Crippen LogP contribution >= 0.6 is 10.9 Å². The lowest BCUT2D eigenvalue weighted by Crippen LogP contribution is -2.75. The number of nitrogens with zero attached hydrogens (tertiary/aromatic N) is 1. The molecule has 1 aliphatic heterocycles. The summed E-state index contributed by atoms with van der Waals surface area (Å²) in [4.78, 5) is 2.17. The highest BCUT2D eigenvalue weighted by atomic mass is 32.1. The predicted molar refractivity (Wildman–Crippen MR) is 125 cm³/mol. The van der Waals surface area contributed by atoms with E-state index in [1.165, 1.54) is 0 Å². The third-order valence-corrected chi connectivity index (χ3v) is 4.87. The molecule has 5 heteroatoms. The van der Waals surface area contributed by atoms with E-state index in [9.17, 15) is 0 Å². The fraction of sp³-hybridized carbons (Fsp3) is 0.167. The number of fused-ring (bicyclic) bond motifs is 1. The first-order chi connectivity index (χ1) is 14.2. The van der Waals surface area contributed by atoms with Crippen LogP contribution in [-0.2, 0) is 0 Å². The number of hydrogen-bond donors (Lipinski definition) is 1. The van der Waals surface area contributed by atoms with Crippen LogP contribution in [0.2, 0.25) is 0 Å². The van der Waals surface area contributed by atoms with Gasteiger partial charge >= 0.3 is 0 Å². The molecule has 0 unspecified atom stereocenters. The van der Waals surface area contributed by atoms with E-state index in [0.717, 1.165) is 41.7 Å². The molecule has 0 atom stereocenters. The highest BCUT2D eigenvalue weighted by Gasteiger charge is 2.23. The topological polar surface area (TPSA) is 38.3 Å². The molecule has 0 saturated carbocycles. The van der Waals surface area contributed by atoms with Crippen LogP contribution in [0.15, 0.2) is 85.0 Å². The molecule has 0 bridgehead atoms. The molecular weight excluding hydrogens is 380 g/mol. The van der Waals surface area contributed by atoms with Gasteiger partial charge in [0.2, 0.25) is 0 Å². The Balaban J connectivity index is 1.59. The fourth-order valence-corrected chi connectivity index (χ4v) is 3.36. The van der Waals surface area contributed by atoms with Gasteiger partial charge in [-0.3, -0.25) is 5.32 Å². The Hall–Kier alpha value is -3.02. The standard InChI is InChI=1S/C24H26N2O2S/c1-4-26-21-14-8-10-16-23(21)28-24(26)17-11-6-12-19(3)27-22-15-9-7-13-20(22)25-18-29-5-2/h5-10,12-18,25H,3-4,11H2,1-2H3/p+1. The summed E-state index contributed by atoms with van der Waals surface area (Å²) in [5.41, 5.74) is 4.17. The SMILES string of the molecule is C=C(C=CCC=C1Oc2ccccc2N1CC)Oc1ccccc1[NH2+]C=S=CC. The number of ether oxygens (including phenoxy) is 2. The average Bonchev–Trinajstić information content (AvgIpc) is 3.10. The lowest BCUT2D eigenvalue weighted by atomic mass is 10.3. The molecule has 0 amide bonds. The summed E-state index contributed by atoms with van der Waals surface area (Å²) in [6, 6.07) is 16.0. The molecule has 2 N–H and O–H groups in total. The molecule has 0 aliphatic carbocycles. The number of nitrogens with two attached hydrogens (primary N) is 1.